The number of likely N-dealkylation sites (N-methyl/N-ethyl adjacent to an activating group) is 2. The Balaban J connectivity index is 1.61. The first kappa shape index (κ1) is 23.2. The van der Waals surface area contributed by atoms with Crippen LogP contribution in [0, 0.1) is 0 Å². The first-order valence-electron chi connectivity index (χ1n) is 10.3. The van der Waals surface area contributed by atoms with E-state index in [1.54, 1.807) is 30.7 Å². The average molecular weight is 440 g/mol. The number of carbonyl (C=O) groups excluding carboxylic acids is 2. The fourth-order valence-corrected chi connectivity index (χ4v) is 3.28. The Labute approximate surface area is 187 Å². The Hall–Kier alpha value is -3.43. The van der Waals surface area contributed by atoms with Gasteiger partial charge in [-0.2, -0.15) is 0 Å². The summed E-state index contributed by atoms with van der Waals surface area (Å²) in [4.78, 5) is 33.5. The number of nitrogens with one attached hydrogen (secondary N) is 2. The van der Waals surface area contributed by atoms with Crippen LogP contribution >= 0.6 is 0 Å². The molecule has 0 aliphatic heterocycles. The second-order valence-electron chi connectivity index (χ2n) is 7.82. The summed E-state index contributed by atoms with van der Waals surface area (Å²) in [6.45, 7) is 0.677. The molecule has 2 N–H and O–H groups in total. The van der Waals surface area contributed by atoms with Crippen LogP contribution in [0.3, 0.4) is 0 Å². The molecule has 9 nitrogen and oxygen atoms in total. The Morgan fingerprint density at radius 3 is 1.56 bits per heavy atom. The van der Waals surface area contributed by atoms with Gasteiger partial charge in [-0.25, -0.2) is 4.98 Å². The van der Waals surface area contributed by atoms with E-state index < -0.39 is 0 Å². The van der Waals surface area contributed by atoms with Gasteiger partial charge < -0.3 is 19.5 Å². The predicted molar refractivity (Wildman–Crippen MR) is 119 cm³/mol. The van der Waals surface area contributed by atoms with Gasteiger partial charge in [0.1, 0.15) is 22.9 Å². The lowest BCUT2D eigenvalue weighted by Crippen LogP contribution is -2.36. The molecule has 0 aliphatic rings. The summed E-state index contributed by atoms with van der Waals surface area (Å²) in [7, 11) is 7.64. The maximum absolute atomic E-state index is 12.7. The van der Waals surface area contributed by atoms with Crippen LogP contribution in [0.25, 0.3) is 0 Å². The molecule has 0 saturated heterocycles. The van der Waals surface area contributed by atoms with Gasteiger partial charge >= 0.3 is 0 Å². The highest BCUT2D eigenvalue weighted by Gasteiger charge is 2.21. The number of aromatic nitrogens is 1. The van der Waals surface area contributed by atoms with E-state index >= 15 is 0 Å². The molecule has 170 valence electrons. The van der Waals surface area contributed by atoms with Gasteiger partial charge in [0.15, 0.2) is 0 Å². The maximum Gasteiger partial charge on any atom is 0.269 e. The summed E-state index contributed by atoms with van der Waals surface area (Å²) < 4.78 is 10.9. The zero-order valence-corrected chi connectivity index (χ0v) is 18.7. The number of hydrogen-bond donors (Lipinski definition) is 2. The standard InChI is InChI=1S/C23H29N5O4/c1-27(2)18(20-10-6-12-31-20)14-24-22(29)16-8-5-9-17(26-16)23(30)25-15-19(28(3)4)21-11-7-13-32-21/h5-13,18-19H,14-15H2,1-4H3,(H,24,29)(H,25,30). The highest BCUT2D eigenvalue weighted by atomic mass is 16.3. The van der Waals surface area contributed by atoms with Gasteiger partial charge in [-0.05, 0) is 64.6 Å². The first-order valence-corrected chi connectivity index (χ1v) is 10.3. The summed E-state index contributed by atoms with van der Waals surface area (Å²) in [5.41, 5.74) is 0.342. The monoisotopic (exact) mass is 439 g/mol. The van der Waals surface area contributed by atoms with Crippen molar-refractivity contribution >= 4 is 11.8 Å². The molecule has 3 aromatic heterocycles. The van der Waals surface area contributed by atoms with Crippen molar-refractivity contribution < 1.29 is 18.4 Å². The van der Waals surface area contributed by atoms with Crippen molar-refractivity contribution in [2.75, 3.05) is 41.3 Å². The van der Waals surface area contributed by atoms with E-state index in [4.69, 9.17) is 8.83 Å². The number of amides is 2. The lowest BCUT2D eigenvalue weighted by Gasteiger charge is -2.22. The van der Waals surface area contributed by atoms with Gasteiger partial charge in [0, 0.05) is 13.1 Å². The molecule has 0 fully saturated rings. The van der Waals surface area contributed by atoms with E-state index in [9.17, 15) is 9.59 Å². The third kappa shape index (κ3) is 5.83. The summed E-state index contributed by atoms with van der Waals surface area (Å²) in [5, 5.41) is 5.73. The minimum Gasteiger partial charge on any atom is -0.468 e. The van der Waals surface area contributed by atoms with E-state index in [1.165, 1.54) is 0 Å². The van der Waals surface area contributed by atoms with Crippen molar-refractivity contribution in [3.8, 4) is 0 Å². The van der Waals surface area contributed by atoms with Gasteiger partial charge in [-0.3, -0.25) is 19.4 Å². The highest BCUT2D eigenvalue weighted by Crippen LogP contribution is 2.18. The Kier molecular flexibility index (Phi) is 7.80. The highest BCUT2D eigenvalue weighted by molar-refractivity contribution is 5.96. The first-order chi connectivity index (χ1) is 15.4. The van der Waals surface area contributed by atoms with Crippen molar-refractivity contribution in [3.63, 3.8) is 0 Å². The average Bonchev–Trinajstić information content (AvgIpc) is 3.48. The number of carbonyl (C=O) groups is 2. The molecule has 0 spiro atoms. The summed E-state index contributed by atoms with van der Waals surface area (Å²) in [6, 6.07) is 11.9. The second kappa shape index (κ2) is 10.7. The smallest absolute Gasteiger partial charge is 0.269 e. The van der Waals surface area contributed by atoms with Gasteiger partial charge in [-0.1, -0.05) is 6.07 Å². The second-order valence-corrected chi connectivity index (χ2v) is 7.82. The van der Waals surface area contributed by atoms with Crippen molar-refractivity contribution in [2.45, 2.75) is 12.1 Å². The number of rotatable bonds is 10. The molecule has 2 atom stereocenters. The number of furan rings is 2. The molecule has 3 heterocycles. The molecular formula is C23H29N5O4. The quantitative estimate of drug-likeness (QED) is 0.500. The number of hydrogen-bond acceptors (Lipinski definition) is 7. The summed E-state index contributed by atoms with van der Waals surface area (Å²) in [6.07, 6.45) is 3.20. The molecule has 2 unspecified atom stereocenters. The molecule has 0 saturated carbocycles. The maximum atomic E-state index is 12.7. The van der Waals surface area contributed by atoms with Crippen molar-refractivity contribution in [1.82, 2.24) is 25.4 Å². The van der Waals surface area contributed by atoms with Crippen molar-refractivity contribution in [3.05, 3.63) is 77.9 Å². The minimum absolute atomic E-state index is 0.120. The van der Waals surface area contributed by atoms with Crippen LogP contribution in [-0.2, 0) is 0 Å². The molecule has 3 rings (SSSR count). The molecule has 9 heteroatoms. The fourth-order valence-electron chi connectivity index (χ4n) is 3.28. The van der Waals surface area contributed by atoms with E-state index in [-0.39, 0.29) is 35.3 Å². The zero-order valence-electron chi connectivity index (χ0n) is 18.7. The molecule has 0 bridgehead atoms. The van der Waals surface area contributed by atoms with Crippen LogP contribution in [0.2, 0.25) is 0 Å². The Morgan fingerprint density at radius 1 is 0.781 bits per heavy atom. The minimum atomic E-state index is -0.361. The van der Waals surface area contributed by atoms with E-state index in [0.717, 1.165) is 11.5 Å². The molecular weight excluding hydrogens is 410 g/mol. The normalized spacial score (nSPS) is 13.2. The van der Waals surface area contributed by atoms with E-state index in [1.807, 2.05) is 62.3 Å². The Bertz CT molecular complexity index is 922. The van der Waals surface area contributed by atoms with Gasteiger partial charge in [0.2, 0.25) is 0 Å². The van der Waals surface area contributed by atoms with Gasteiger partial charge in [-0.15, -0.1) is 0 Å². The SMILES string of the molecule is CN(C)C(CNC(=O)c1cccc(C(=O)NCC(c2ccco2)N(C)C)n1)c1ccco1. The third-order valence-electron chi connectivity index (χ3n) is 5.12. The molecule has 0 aromatic carbocycles. The van der Waals surface area contributed by atoms with E-state index in [2.05, 4.69) is 15.6 Å². The Morgan fingerprint density at radius 2 is 1.22 bits per heavy atom. The molecule has 3 aromatic rings. The number of pyridine rings is 1. The summed E-state index contributed by atoms with van der Waals surface area (Å²) in [5.74, 6) is 0.784. The van der Waals surface area contributed by atoms with E-state index in [0.29, 0.717) is 13.1 Å². The molecule has 0 aliphatic carbocycles. The van der Waals surface area contributed by atoms with Crippen LogP contribution in [-0.4, -0.2) is 67.9 Å². The van der Waals surface area contributed by atoms with Crippen LogP contribution in [0.4, 0.5) is 0 Å². The fraction of sp³-hybridized carbons (Fsp3) is 0.348. The van der Waals surface area contributed by atoms with Gasteiger partial charge in [0.05, 0.1) is 24.6 Å². The van der Waals surface area contributed by atoms with Crippen molar-refractivity contribution in [1.29, 1.82) is 0 Å². The van der Waals surface area contributed by atoms with Crippen LogP contribution < -0.4 is 10.6 Å². The van der Waals surface area contributed by atoms with Crippen LogP contribution in [0.1, 0.15) is 44.6 Å². The largest absolute Gasteiger partial charge is 0.468 e. The molecule has 2 amide bonds. The van der Waals surface area contributed by atoms with Gasteiger partial charge in [0.25, 0.3) is 11.8 Å². The topological polar surface area (TPSA) is 104 Å². The van der Waals surface area contributed by atoms with Crippen LogP contribution in [0.5, 0.6) is 0 Å². The number of nitrogens with zero attached hydrogens (tertiary/aromatic N) is 3. The molecule has 0 radical (unpaired) electrons. The lowest BCUT2D eigenvalue weighted by molar-refractivity contribution is 0.0930. The third-order valence-corrected chi connectivity index (χ3v) is 5.12. The lowest BCUT2D eigenvalue weighted by atomic mass is 10.2. The predicted octanol–water partition coefficient (Wildman–Crippen LogP) is 2.33. The van der Waals surface area contributed by atoms with Crippen molar-refractivity contribution in [2.24, 2.45) is 0 Å². The zero-order chi connectivity index (χ0) is 23.1. The summed E-state index contributed by atoms with van der Waals surface area (Å²) >= 11 is 0. The molecule has 32 heavy (non-hydrogen) atoms. The van der Waals surface area contributed by atoms with Crippen LogP contribution in [0.15, 0.2) is 63.8 Å².